The molecule has 1 aliphatic carbocycles. The van der Waals surface area contributed by atoms with E-state index in [4.69, 9.17) is 0 Å². The SMILES string of the molecule is c1nnc(CC2CCNCC2)nc1C1CC1. The zero-order chi connectivity index (χ0) is 10.8. The highest BCUT2D eigenvalue weighted by Gasteiger charge is 2.26. The van der Waals surface area contributed by atoms with Crippen LogP contribution in [0.4, 0.5) is 0 Å². The van der Waals surface area contributed by atoms with Crippen LogP contribution in [-0.2, 0) is 6.42 Å². The zero-order valence-corrected chi connectivity index (χ0v) is 9.52. The van der Waals surface area contributed by atoms with Gasteiger partial charge in [-0.25, -0.2) is 4.98 Å². The van der Waals surface area contributed by atoms with Gasteiger partial charge < -0.3 is 5.32 Å². The molecule has 0 amide bonds. The van der Waals surface area contributed by atoms with Crippen LogP contribution < -0.4 is 5.32 Å². The van der Waals surface area contributed by atoms with E-state index in [-0.39, 0.29) is 0 Å². The van der Waals surface area contributed by atoms with Crippen molar-refractivity contribution in [2.75, 3.05) is 13.1 Å². The monoisotopic (exact) mass is 218 g/mol. The van der Waals surface area contributed by atoms with Gasteiger partial charge in [-0.05, 0) is 44.7 Å². The Hall–Kier alpha value is -1.03. The van der Waals surface area contributed by atoms with Crippen LogP contribution in [0.3, 0.4) is 0 Å². The van der Waals surface area contributed by atoms with Crippen molar-refractivity contribution < 1.29 is 0 Å². The van der Waals surface area contributed by atoms with Crippen LogP contribution in [-0.4, -0.2) is 28.3 Å². The number of hydrogen-bond donors (Lipinski definition) is 1. The molecule has 0 aromatic carbocycles. The lowest BCUT2D eigenvalue weighted by atomic mass is 9.94. The van der Waals surface area contributed by atoms with E-state index in [0.29, 0.717) is 5.92 Å². The smallest absolute Gasteiger partial charge is 0.151 e. The van der Waals surface area contributed by atoms with Crippen LogP contribution in [0.1, 0.15) is 43.1 Å². The molecule has 2 aliphatic rings. The molecule has 4 nitrogen and oxygen atoms in total. The lowest BCUT2D eigenvalue weighted by Gasteiger charge is -2.21. The minimum atomic E-state index is 0.683. The fraction of sp³-hybridized carbons (Fsp3) is 0.750. The fourth-order valence-electron chi connectivity index (χ4n) is 2.36. The third-order valence-corrected chi connectivity index (χ3v) is 3.55. The standard InChI is InChI=1S/C12H18N4/c1-2-10(1)11-8-14-16-12(15-11)7-9-3-5-13-6-4-9/h8-10,13H,1-7H2. The Labute approximate surface area is 95.9 Å². The lowest BCUT2D eigenvalue weighted by molar-refractivity contribution is 0.365. The number of piperidine rings is 1. The minimum absolute atomic E-state index is 0.683. The van der Waals surface area contributed by atoms with Crippen molar-refractivity contribution in [1.29, 1.82) is 0 Å². The van der Waals surface area contributed by atoms with E-state index < -0.39 is 0 Å². The van der Waals surface area contributed by atoms with Crippen molar-refractivity contribution in [3.05, 3.63) is 17.7 Å². The van der Waals surface area contributed by atoms with Crippen LogP contribution in [0.5, 0.6) is 0 Å². The van der Waals surface area contributed by atoms with E-state index in [9.17, 15) is 0 Å². The Bertz CT molecular complexity index is 356. The first-order valence-corrected chi connectivity index (χ1v) is 6.31. The molecule has 1 N–H and O–H groups in total. The highest BCUT2D eigenvalue weighted by molar-refractivity contribution is 5.10. The van der Waals surface area contributed by atoms with Crippen LogP contribution >= 0.6 is 0 Å². The summed E-state index contributed by atoms with van der Waals surface area (Å²) in [6, 6.07) is 0. The molecule has 0 bridgehead atoms. The van der Waals surface area contributed by atoms with Gasteiger partial charge in [0.1, 0.15) is 0 Å². The lowest BCUT2D eigenvalue weighted by Crippen LogP contribution is -2.29. The van der Waals surface area contributed by atoms with Crippen molar-refractivity contribution in [3.8, 4) is 0 Å². The molecule has 1 saturated heterocycles. The van der Waals surface area contributed by atoms with Crippen molar-refractivity contribution in [3.63, 3.8) is 0 Å². The summed E-state index contributed by atoms with van der Waals surface area (Å²) >= 11 is 0. The highest BCUT2D eigenvalue weighted by atomic mass is 15.1. The average molecular weight is 218 g/mol. The molecule has 1 aromatic heterocycles. The molecule has 86 valence electrons. The van der Waals surface area contributed by atoms with E-state index in [1.165, 1.54) is 31.4 Å². The molecular formula is C12H18N4. The minimum Gasteiger partial charge on any atom is -0.317 e. The Kier molecular flexibility index (Phi) is 2.82. The van der Waals surface area contributed by atoms with E-state index in [0.717, 1.165) is 31.3 Å². The topological polar surface area (TPSA) is 50.7 Å². The maximum atomic E-state index is 4.63. The van der Waals surface area contributed by atoms with E-state index in [2.05, 4.69) is 20.5 Å². The van der Waals surface area contributed by atoms with Gasteiger partial charge in [-0.3, -0.25) is 0 Å². The first-order chi connectivity index (χ1) is 7.92. The molecule has 2 fully saturated rings. The Balaban J connectivity index is 1.66. The molecule has 1 saturated carbocycles. The summed E-state index contributed by atoms with van der Waals surface area (Å²) < 4.78 is 0. The van der Waals surface area contributed by atoms with Gasteiger partial charge in [0.25, 0.3) is 0 Å². The molecule has 3 rings (SSSR count). The molecule has 0 radical (unpaired) electrons. The van der Waals surface area contributed by atoms with Gasteiger partial charge in [0, 0.05) is 12.3 Å². The molecule has 1 aromatic rings. The molecular weight excluding hydrogens is 200 g/mol. The van der Waals surface area contributed by atoms with Gasteiger partial charge in [-0.2, -0.15) is 5.10 Å². The Morgan fingerprint density at radius 1 is 1.19 bits per heavy atom. The fourth-order valence-corrected chi connectivity index (χ4v) is 2.36. The maximum Gasteiger partial charge on any atom is 0.151 e. The summed E-state index contributed by atoms with van der Waals surface area (Å²) in [6.45, 7) is 2.28. The molecule has 2 heterocycles. The van der Waals surface area contributed by atoms with Crippen LogP contribution in [0.25, 0.3) is 0 Å². The summed E-state index contributed by atoms with van der Waals surface area (Å²) in [5, 5.41) is 11.6. The van der Waals surface area contributed by atoms with Gasteiger partial charge in [0.05, 0.1) is 11.9 Å². The second kappa shape index (κ2) is 4.45. The summed E-state index contributed by atoms with van der Waals surface area (Å²) in [4.78, 5) is 4.63. The van der Waals surface area contributed by atoms with Gasteiger partial charge in [0.15, 0.2) is 5.82 Å². The molecule has 0 spiro atoms. The summed E-state index contributed by atoms with van der Waals surface area (Å²) in [5.74, 6) is 2.39. The van der Waals surface area contributed by atoms with Crippen LogP contribution in [0.15, 0.2) is 6.20 Å². The summed E-state index contributed by atoms with van der Waals surface area (Å²) in [6.07, 6.45) is 7.91. The van der Waals surface area contributed by atoms with E-state index in [1.54, 1.807) is 0 Å². The second-order valence-electron chi connectivity index (χ2n) is 4.97. The largest absolute Gasteiger partial charge is 0.317 e. The predicted octanol–water partition coefficient (Wildman–Crippen LogP) is 1.29. The molecule has 16 heavy (non-hydrogen) atoms. The number of nitrogens with zero attached hydrogens (tertiary/aromatic N) is 3. The molecule has 4 heteroatoms. The number of hydrogen-bond acceptors (Lipinski definition) is 4. The van der Waals surface area contributed by atoms with E-state index >= 15 is 0 Å². The Morgan fingerprint density at radius 3 is 2.75 bits per heavy atom. The van der Waals surface area contributed by atoms with Crippen molar-refractivity contribution in [2.24, 2.45) is 5.92 Å². The van der Waals surface area contributed by atoms with Crippen molar-refractivity contribution in [1.82, 2.24) is 20.5 Å². The first-order valence-electron chi connectivity index (χ1n) is 6.31. The van der Waals surface area contributed by atoms with Gasteiger partial charge in [-0.15, -0.1) is 5.10 Å². The quantitative estimate of drug-likeness (QED) is 0.830. The molecule has 0 atom stereocenters. The summed E-state index contributed by atoms with van der Waals surface area (Å²) in [7, 11) is 0. The Morgan fingerprint density at radius 2 is 2.00 bits per heavy atom. The van der Waals surface area contributed by atoms with Gasteiger partial charge in [0.2, 0.25) is 0 Å². The number of rotatable bonds is 3. The highest BCUT2D eigenvalue weighted by Crippen LogP contribution is 2.38. The van der Waals surface area contributed by atoms with Crippen LogP contribution in [0, 0.1) is 5.92 Å². The maximum absolute atomic E-state index is 4.63. The van der Waals surface area contributed by atoms with Gasteiger partial charge >= 0.3 is 0 Å². The normalized spacial score (nSPS) is 22.2. The number of nitrogens with one attached hydrogen (secondary N) is 1. The third-order valence-electron chi connectivity index (χ3n) is 3.55. The second-order valence-corrected chi connectivity index (χ2v) is 4.97. The molecule has 1 aliphatic heterocycles. The van der Waals surface area contributed by atoms with Crippen molar-refractivity contribution in [2.45, 2.75) is 38.0 Å². The van der Waals surface area contributed by atoms with E-state index in [1.807, 2.05) is 6.20 Å². The zero-order valence-electron chi connectivity index (χ0n) is 9.52. The van der Waals surface area contributed by atoms with Crippen LogP contribution in [0.2, 0.25) is 0 Å². The first kappa shape index (κ1) is 10.1. The average Bonchev–Trinajstić information content (AvgIpc) is 3.15. The third kappa shape index (κ3) is 2.38. The predicted molar refractivity (Wildman–Crippen MR) is 61.1 cm³/mol. The van der Waals surface area contributed by atoms with Crippen molar-refractivity contribution >= 4 is 0 Å². The van der Waals surface area contributed by atoms with Gasteiger partial charge in [-0.1, -0.05) is 0 Å². The summed E-state index contributed by atoms with van der Waals surface area (Å²) in [5.41, 5.74) is 1.17. The molecule has 0 unspecified atom stereocenters. The number of aromatic nitrogens is 3.